The SMILES string of the molecule is C=CCCc1cc(C)ncc1CNC(=C)c1cccc(OC2CCC(NC(=O)OC(C)(C)C)CC2)c1Br. The Morgan fingerprint density at radius 3 is 2.62 bits per heavy atom. The van der Waals surface area contributed by atoms with Crippen molar-refractivity contribution in [2.75, 3.05) is 0 Å². The zero-order valence-electron chi connectivity index (χ0n) is 22.5. The van der Waals surface area contributed by atoms with E-state index in [1.807, 2.05) is 58.2 Å². The molecule has 0 radical (unpaired) electrons. The highest BCUT2D eigenvalue weighted by atomic mass is 79.9. The number of carbonyl (C=O) groups excluding carboxylic acids is 1. The van der Waals surface area contributed by atoms with Crippen LogP contribution in [0.25, 0.3) is 5.70 Å². The van der Waals surface area contributed by atoms with Crippen LogP contribution in [0.5, 0.6) is 5.75 Å². The summed E-state index contributed by atoms with van der Waals surface area (Å²) in [6.45, 7) is 16.4. The van der Waals surface area contributed by atoms with E-state index in [1.54, 1.807) is 0 Å². The predicted molar refractivity (Wildman–Crippen MR) is 154 cm³/mol. The summed E-state index contributed by atoms with van der Waals surface area (Å²) in [7, 11) is 0. The number of hydrogen-bond donors (Lipinski definition) is 2. The second-order valence-corrected chi connectivity index (χ2v) is 11.4. The molecule has 2 aromatic rings. The Labute approximate surface area is 230 Å². The first kappa shape index (κ1) is 28.8. The van der Waals surface area contributed by atoms with Crippen LogP contribution in [0, 0.1) is 6.92 Å². The molecule has 0 spiro atoms. The average molecular weight is 571 g/mol. The van der Waals surface area contributed by atoms with Gasteiger partial charge < -0.3 is 20.1 Å². The molecule has 1 heterocycles. The van der Waals surface area contributed by atoms with Crippen molar-refractivity contribution in [1.82, 2.24) is 15.6 Å². The van der Waals surface area contributed by atoms with Gasteiger partial charge >= 0.3 is 6.09 Å². The van der Waals surface area contributed by atoms with Crippen LogP contribution < -0.4 is 15.4 Å². The number of ether oxygens (including phenoxy) is 2. The summed E-state index contributed by atoms with van der Waals surface area (Å²) in [6.07, 6.45) is 8.94. The first-order valence-corrected chi connectivity index (χ1v) is 13.8. The number of amides is 1. The number of nitrogens with zero attached hydrogens (tertiary/aromatic N) is 1. The smallest absolute Gasteiger partial charge is 0.407 e. The molecule has 0 unspecified atom stereocenters. The molecule has 1 aliphatic carbocycles. The normalized spacial score (nSPS) is 17.5. The quantitative estimate of drug-likeness (QED) is 0.295. The molecule has 6 nitrogen and oxygen atoms in total. The number of alkyl carbamates (subject to hydrolysis) is 1. The molecular formula is C30H40BrN3O3. The molecule has 1 aromatic carbocycles. The summed E-state index contributed by atoms with van der Waals surface area (Å²) in [6, 6.07) is 8.25. The van der Waals surface area contributed by atoms with Crippen LogP contribution in [-0.2, 0) is 17.7 Å². The number of carbonyl (C=O) groups is 1. The van der Waals surface area contributed by atoms with Crippen LogP contribution in [0.15, 0.2) is 54.2 Å². The molecule has 2 N–H and O–H groups in total. The maximum atomic E-state index is 12.1. The van der Waals surface area contributed by atoms with Gasteiger partial charge in [0.25, 0.3) is 0 Å². The summed E-state index contributed by atoms with van der Waals surface area (Å²) in [5, 5.41) is 6.45. The van der Waals surface area contributed by atoms with E-state index in [9.17, 15) is 4.79 Å². The Balaban J connectivity index is 1.56. The molecule has 0 bridgehead atoms. The monoisotopic (exact) mass is 569 g/mol. The van der Waals surface area contributed by atoms with Gasteiger partial charge in [-0.15, -0.1) is 6.58 Å². The summed E-state index contributed by atoms with van der Waals surface area (Å²) in [5.74, 6) is 0.799. The number of benzene rings is 1. The van der Waals surface area contributed by atoms with E-state index in [2.05, 4.69) is 50.8 Å². The Hall–Kier alpha value is -2.80. The lowest BCUT2D eigenvalue weighted by Crippen LogP contribution is -2.42. The maximum absolute atomic E-state index is 12.1. The second-order valence-electron chi connectivity index (χ2n) is 10.6. The van der Waals surface area contributed by atoms with Gasteiger partial charge in [0.1, 0.15) is 11.4 Å². The van der Waals surface area contributed by atoms with Crippen molar-refractivity contribution >= 4 is 27.7 Å². The Morgan fingerprint density at radius 1 is 1.22 bits per heavy atom. The highest BCUT2D eigenvalue weighted by Crippen LogP contribution is 2.34. The van der Waals surface area contributed by atoms with Crippen LogP contribution in [0.2, 0.25) is 0 Å². The fourth-order valence-electron chi connectivity index (χ4n) is 4.41. The van der Waals surface area contributed by atoms with Crippen LogP contribution in [-0.4, -0.2) is 28.8 Å². The molecule has 0 atom stereocenters. The van der Waals surface area contributed by atoms with Gasteiger partial charge in [0, 0.05) is 35.7 Å². The molecular weight excluding hydrogens is 530 g/mol. The van der Waals surface area contributed by atoms with E-state index < -0.39 is 5.60 Å². The van der Waals surface area contributed by atoms with Gasteiger partial charge in [-0.2, -0.15) is 0 Å². The minimum Gasteiger partial charge on any atom is -0.489 e. The fourth-order valence-corrected chi connectivity index (χ4v) is 5.00. The highest BCUT2D eigenvalue weighted by Gasteiger charge is 2.26. The maximum Gasteiger partial charge on any atom is 0.407 e. The molecule has 1 saturated carbocycles. The van der Waals surface area contributed by atoms with Crippen LogP contribution in [0.4, 0.5) is 4.79 Å². The molecule has 1 aromatic heterocycles. The third-order valence-corrected chi connectivity index (χ3v) is 7.12. The zero-order chi connectivity index (χ0) is 27.0. The standard InChI is InChI=1S/C30H40BrN3O3/c1-7-8-10-22-17-20(2)32-18-23(22)19-33-21(3)26-11-9-12-27(28(26)31)36-25-15-13-24(14-16-25)34-29(35)37-30(4,5)6/h7,9,11-12,17-18,24-25,33H,1,3,8,10,13-16,19H2,2,4-6H3,(H,34,35). The molecule has 0 aliphatic heterocycles. The average Bonchev–Trinajstić information content (AvgIpc) is 2.83. The van der Waals surface area contributed by atoms with Crippen molar-refractivity contribution in [3.63, 3.8) is 0 Å². The van der Waals surface area contributed by atoms with Crippen molar-refractivity contribution in [2.24, 2.45) is 0 Å². The second kappa shape index (κ2) is 13.1. The van der Waals surface area contributed by atoms with Crippen LogP contribution in [0.1, 0.15) is 75.3 Å². The van der Waals surface area contributed by atoms with E-state index in [0.717, 1.165) is 71.3 Å². The van der Waals surface area contributed by atoms with Gasteiger partial charge in [0.2, 0.25) is 0 Å². The van der Waals surface area contributed by atoms with Gasteiger partial charge in [-0.3, -0.25) is 4.98 Å². The summed E-state index contributed by atoms with van der Waals surface area (Å²) >= 11 is 3.74. The molecule has 1 amide bonds. The lowest BCUT2D eigenvalue weighted by Gasteiger charge is -2.30. The molecule has 200 valence electrons. The third-order valence-electron chi connectivity index (χ3n) is 6.31. The summed E-state index contributed by atoms with van der Waals surface area (Å²) < 4.78 is 12.6. The predicted octanol–water partition coefficient (Wildman–Crippen LogP) is 7.25. The van der Waals surface area contributed by atoms with E-state index in [4.69, 9.17) is 9.47 Å². The first-order valence-electron chi connectivity index (χ1n) is 13.0. The third kappa shape index (κ3) is 8.92. The van der Waals surface area contributed by atoms with Crippen molar-refractivity contribution in [3.05, 3.63) is 76.6 Å². The van der Waals surface area contributed by atoms with Gasteiger partial charge in [0.15, 0.2) is 0 Å². The van der Waals surface area contributed by atoms with E-state index >= 15 is 0 Å². The number of halogens is 1. The fraction of sp³-hybridized carbons (Fsp3) is 0.467. The van der Waals surface area contributed by atoms with Gasteiger partial charge in [-0.25, -0.2) is 4.79 Å². The van der Waals surface area contributed by atoms with Crippen molar-refractivity contribution in [3.8, 4) is 5.75 Å². The van der Waals surface area contributed by atoms with Crippen molar-refractivity contribution < 1.29 is 14.3 Å². The highest BCUT2D eigenvalue weighted by molar-refractivity contribution is 9.10. The number of pyridine rings is 1. The van der Waals surface area contributed by atoms with Crippen molar-refractivity contribution in [2.45, 2.75) is 90.5 Å². The van der Waals surface area contributed by atoms with Crippen LogP contribution >= 0.6 is 15.9 Å². The first-order chi connectivity index (χ1) is 17.6. The van der Waals surface area contributed by atoms with Gasteiger partial charge in [0.05, 0.1) is 10.6 Å². The number of allylic oxidation sites excluding steroid dienone is 1. The number of nitrogens with one attached hydrogen (secondary N) is 2. The topological polar surface area (TPSA) is 72.5 Å². The largest absolute Gasteiger partial charge is 0.489 e. The molecule has 1 aliphatic rings. The number of hydrogen-bond acceptors (Lipinski definition) is 5. The lowest BCUT2D eigenvalue weighted by atomic mass is 9.93. The van der Waals surface area contributed by atoms with E-state index in [-0.39, 0.29) is 18.2 Å². The summed E-state index contributed by atoms with van der Waals surface area (Å²) in [4.78, 5) is 16.6. The number of aryl methyl sites for hydroxylation is 2. The van der Waals surface area contributed by atoms with E-state index in [1.165, 1.54) is 5.56 Å². The minimum absolute atomic E-state index is 0.0931. The van der Waals surface area contributed by atoms with Crippen molar-refractivity contribution in [1.29, 1.82) is 0 Å². The Morgan fingerprint density at radius 2 is 1.95 bits per heavy atom. The molecule has 0 saturated heterocycles. The summed E-state index contributed by atoms with van der Waals surface area (Å²) in [5.41, 5.74) is 4.74. The molecule has 3 rings (SSSR count). The Kier molecular flexibility index (Phi) is 10.2. The number of aromatic nitrogens is 1. The molecule has 1 fully saturated rings. The lowest BCUT2D eigenvalue weighted by molar-refractivity contribution is 0.0470. The minimum atomic E-state index is -0.495. The Bertz CT molecular complexity index is 1100. The van der Waals surface area contributed by atoms with E-state index in [0.29, 0.717) is 6.54 Å². The van der Waals surface area contributed by atoms with Gasteiger partial charge in [-0.05, 0) is 105 Å². The van der Waals surface area contributed by atoms with Crippen LogP contribution in [0.3, 0.4) is 0 Å². The zero-order valence-corrected chi connectivity index (χ0v) is 24.1. The molecule has 37 heavy (non-hydrogen) atoms. The molecule has 7 heteroatoms. The number of rotatable bonds is 10. The van der Waals surface area contributed by atoms with Gasteiger partial charge in [-0.1, -0.05) is 24.8 Å².